The van der Waals surface area contributed by atoms with Gasteiger partial charge in [-0.25, -0.2) is 17.6 Å². The summed E-state index contributed by atoms with van der Waals surface area (Å²) in [6.07, 6.45) is 0.940. The number of benzene rings is 1. The number of carboxylic acids is 1. The Morgan fingerprint density at radius 3 is 2.79 bits per heavy atom. The SMILES string of the molecule is O=C(O)c1ccc(F)c(S(=O)(=O)CC2CCCO2)c1. The van der Waals surface area contributed by atoms with E-state index in [0.717, 1.165) is 24.6 Å². The van der Waals surface area contributed by atoms with Crippen molar-refractivity contribution in [3.63, 3.8) is 0 Å². The lowest BCUT2D eigenvalue weighted by Gasteiger charge is -2.11. The minimum atomic E-state index is -3.89. The average Bonchev–Trinajstić information content (AvgIpc) is 2.81. The van der Waals surface area contributed by atoms with E-state index in [1.54, 1.807) is 0 Å². The van der Waals surface area contributed by atoms with Gasteiger partial charge in [0.15, 0.2) is 9.84 Å². The van der Waals surface area contributed by atoms with Crippen LogP contribution in [0.15, 0.2) is 23.1 Å². The highest BCUT2D eigenvalue weighted by Crippen LogP contribution is 2.22. The van der Waals surface area contributed by atoms with E-state index >= 15 is 0 Å². The van der Waals surface area contributed by atoms with Gasteiger partial charge in [-0.1, -0.05) is 0 Å². The topological polar surface area (TPSA) is 80.7 Å². The minimum Gasteiger partial charge on any atom is -0.478 e. The Labute approximate surface area is 109 Å². The van der Waals surface area contributed by atoms with Crippen molar-refractivity contribution in [2.75, 3.05) is 12.4 Å². The van der Waals surface area contributed by atoms with Crippen molar-refractivity contribution in [1.29, 1.82) is 0 Å². The van der Waals surface area contributed by atoms with Gasteiger partial charge in [0.05, 0.1) is 17.4 Å². The molecular weight excluding hydrogens is 275 g/mol. The lowest BCUT2D eigenvalue weighted by Crippen LogP contribution is -2.21. The van der Waals surface area contributed by atoms with E-state index in [-0.39, 0.29) is 11.3 Å². The summed E-state index contributed by atoms with van der Waals surface area (Å²) in [5.74, 6) is -2.57. The number of carboxylic acid groups (broad SMARTS) is 1. The molecule has 2 rings (SSSR count). The van der Waals surface area contributed by atoms with E-state index in [4.69, 9.17) is 9.84 Å². The van der Waals surface area contributed by atoms with E-state index in [2.05, 4.69) is 0 Å². The molecule has 1 aliphatic heterocycles. The summed E-state index contributed by atoms with van der Waals surface area (Å²) in [5.41, 5.74) is -0.257. The molecule has 1 fully saturated rings. The van der Waals surface area contributed by atoms with E-state index < -0.39 is 32.6 Å². The Kier molecular flexibility index (Phi) is 3.86. The van der Waals surface area contributed by atoms with Gasteiger partial charge in [0, 0.05) is 6.61 Å². The number of hydrogen-bond donors (Lipinski definition) is 1. The van der Waals surface area contributed by atoms with Gasteiger partial charge >= 0.3 is 5.97 Å². The maximum atomic E-state index is 13.6. The zero-order valence-corrected chi connectivity index (χ0v) is 10.8. The Morgan fingerprint density at radius 2 is 2.21 bits per heavy atom. The van der Waals surface area contributed by atoms with E-state index in [1.807, 2.05) is 0 Å². The van der Waals surface area contributed by atoms with Gasteiger partial charge < -0.3 is 9.84 Å². The molecule has 1 aliphatic rings. The van der Waals surface area contributed by atoms with E-state index in [9.17, 15) is 17.6 Å². The molecule has 7 heteroatoms. The van der Waals surface area contributed by atoms with Crippen LogP contribution in [0.2, 0.25) is 0 Å². The van der Waals surface area contributed by atoms with Gasteiger partial charge in [0.1, 0.15) is 10.7 Å². The third kappa shape index (κ3) is 3.10. The highest BCUT2D eigenvalue weighted by molar-refractivity contribution is 7.91. The second kappa shape index (κ2) is 5.26. The van der Waals surface area contributed by atoms with Crippen LogP contribution in [-0.4, -0.2) is 38.0 Å². The Bertz CT molecular complexity index is 590. The van der Waals surface area contributed by atoms with Crippen LogP contribution in [0.5, 0.6) is 0 Å². The molecule has 0 radical (unpaired) electrons. The normalized spacial score (nSPS) is 19.5. The van der Waals surface area contributed by atoms with Gasteiger partial charge in [-0.2, -0.15) is 0 Å². The predicted octanol–water partition coefficient (Wildman–Crippen LogP) is 1.48. The molecule has 19 heavy (non-hydrogen) atoms. The first-order valence-electron chi connectivity index (χ1n) is 5.77. The molecule has 0 bridgehead atoms. The second-order valence-electron chi connectivity index (χ2n) is 4.37. The molecule has 0 aliphatic carbocycles. The summed E-state index contributed by atoms with van der Waals surface area (Å²) in [6, 6.07) is 2.73. The summed E-state index contributed by atoms with van der Waals surface area (Å²) in [7, 11) is -3.89. The highest BCUT2D eigenvalue weighted by atomic mass is 32.2. The van der Waals surface area contributed by atoms with E-state index in [0.29, 0.717) is 13.0 Å². The minimum absolute atomic E-state index is 0.257. The molecule has 1 heterocycles. The van der Waals surface area contributed by atoms with Crippen LogP contribution in [0.25, 0.3) is 0 Å². The Hall–Kier alpha value is -1.47. The fourth-order valence-electron chi connectivity index (χ4n) is 1.99. The summed E-state index contributed by atoms with van der Waals surface area (Å²) in [4.78, 5) is 10.2. The highest BCUT2D eigenvalue weighted by Gasteiger charge is 2.27. The first-order chi connectivity index (χ1) is 8.90. The largest absolute Gasteiger partial charge is 0.478 e. The maximum absolute atomic E-state index is 13.6. The molecule has 104 valence electrons. The van der Waals surface area contributed by atoms with Crippen LogP contribution in [0.3, 0.4) is 0 Å². The molecule has 0 saturated carbocycles. The number of halogens is 1. The van der Waals surface area contributed by atoms with Gasteiger partial charge in [-0.15, -0.1) is 0 Å². The van der Waals surface area contributed by atoms with Crippen LogP contribution in [0.1, 0.15) is 23.2 Å². The monoisotopic (exact) mass is 288 g/mol. The molecule has 1 unspecified atom stereocenters. The predicted molar refractivity (Wildman–Crippen MR) is 64.4 cm³/mol. The maximum Gasteiger partial charge on any atom is 0.335 e. The quantitative estimate of drug-likeness (QED) is 0.907. The number of ether oxygens (including phenoxy) is 1. The number of sulfone groups is 1. The van der Waals surface area contributed by atoms with Crippen molar-refractivity contribution in [1.82, 2.24) is 0 Å². The van der Waals surface area contributed by atoms with Gasteiger partial charge in [0.25, 0.3) is 0 Å². The van der Waals surface area contributed by atoms with Gasteiger partial charge in [0.2, 0.25) is 0 Å². The van der Waals surface area contributed by atoms with Gasteiger partial charge in [-0.05, 0) is 31.0 Å². The second-order valence-corrected chi connectivity index (χ2v) is 6.37. The third-order valence-electron chi connectivity index (χ3n) is 2.94. The molecule has 1 saturated heterocycles. The summed E-state index contributed by atoms with van der Waals surface area (Å²) < 4.78 is 42.9. The zero-order valence-electron chi connectivity index (χ0n) is 10.0. The molecule has 1 aromatic rings. The lowest BCUT2D eigenvalue weighted by molar-refractivity contribution is 0.0696. The van der Waals surface area contributed by atoms with Crippen molar-refractivity contribution >= 4 is 15.8 Å². The first kappa shape index (κ1) is 14.0. The number of aromatic carboxylic acids is 1. The molecular formula is C12H13FO5S. The van der Waals surface area contributed by atoms with E-state index in [1.165, 1.54) is 0 Å². The van der Waals surface area contributed by atoms with Crippen molar-refractivity contribution in [3.05, 3.63) is 29.6 Å². The first-order valence-corrected chi connectivity index (χ1v) is 7.42. The fourth-order valence-corrected chi connectivity index (χ4v) is 3.59. The lowest BCUT2D eigenvalue weighted by atomic mass is 10.2. The third-order valence-corrected chi connectivity index (χ3v) is 4.74. The molecule has 0 aromatic heterocycles. The molecule has 0 spiro atoms. The zero-order chi connectivity index (χ0) is 14.0. The standard InChI is InChI=1S/C12H13FO5S/c13-10-4-3-8(12(14)15)6-11(10)19(16,17)7-9-2-1-5-18-9/h3-4,6,9H,1-2,5,7H2,(H,14,15). The van der Waals surface area contributed by atoms with Crippen LogP contribution in [0, 0.1) is 5.82 Å². The van der Waals surface area contributed by atoms with Crippen molar-refractivity contribution in [3.8, 4) is 0 Å². The van der Waals surface area contributed by atoms with Crippen LogP contribution in [0.4, 0.5) is 4.39 Å². The van der Waals surface area contributed by atoms with Crippen LogP contribution < -0.4 is 0 Å². The van der Waals surface area contributed by atoms with Crippen molar-refractivity contribution in [2.24, 2.45) is 0 Å². The number of hydrogen-bond acceptors (Lipinski definition) is 4. The fraction of sp³-hybridized carbons (Fsp3) is 0.417. The van der Waals surface area contributed by atoms with Gasteiger partial charge in [-0.3, -0.25) is 0 Å². The van der Waals surface area contributed by atoms with Crippen molar-refractivity contribution in [2.45, 2.75) is 23.8 Å². The molecule has 1 aromatic carbocycles. The molecule has 1 atom stereocenters. The average molecular weight is 288 g/mol. The number of rotatable bonds is 4. The summed E-state index contributed by atoms with van der Waals surface area (Å²) in [5, 5.41) is 8.81. The number of carbonyl (C=O) groups is 1. The summed E-state index contributed by atoms with van der Waals surface area (Å²) in [6.45, 7) is 0.498. The Balaban J connectivity index is 2.33. The molecule has 0 amide bonds. The molecule has 1 N–H and O–H groups in total. The smallest absolute Gasteiger partial charge is 0.335 e. The van der Waals surface area contributed by atoms with Crippen LogP contribution >= 0.6 is 0 Å². The summed E-state index contributed by atoms with van der Waals surface area (Å²) >= 11 is 0. The Morgan fingerprint density at radius 1 is 1.47 bits per heavy atom. The van der Waals surface area contributed by atoms with Crippen LogP contribution in [-0.2, 0) is 14.6 Å². The molecule has 5 nitrogen and oxygen atoms in total. The van der Waals surface area contributed by atoms with Crippen molar-refractivity contribution < 1.29 is 27.4 Å².